The number of rotatable bonds is 3. The number of halogens is 9. The first-order valence-electron chi connectivity index (χ1n) is 7.78. The zero-order valence-corrected chi connectivity index (χ0v) is 14.6. The summed E-state index contributed by atoms with van der Waals surface area (Å²) in [5.74, 6) is -0.898. The molecule has 0 saturated carbocycles. The van der Waals surface area contributed by atoms with Gasteiger partial charge in [-0.3, -0.25) is 9.36 Å². The minimum Gasteiger partial charge on any atom is -0.325 e. The minimum atomic E-state index is -5.27. The Balaban J connectivity index is 2.70. The lowest BCUT2D eigenvalue weighted by Crippen LogP contribution is -2.28. The maximum Gasteiger partial charge on any atom is 0.433 e. The van der Waals surface area contributed by atoms with Gasteiger partial charge in [-0.15, -0.1) is 0 Å². The lowest BCUT2D eigenvalue weighted by molar-refractivity contribution is -0.143. The fourth-order valence-electron chi connectivity index (χ4n) is 2.41. The van der Waals surface area contributed by atoms with Gasteiger partial charge in [-0.05, 0) is 32.0 Å². The van der Waals surface area contributed by atoms with Gasteiger partial charge >= 0.3 is 18.5 Å². The van der Waals surface area contributed by atoms with Crippen LogP contribution in [0.5, 0.6) is 0 Å². The summed E-state index contributed by atoms with van der Waals surface area (Å²) in [6, 6.07) is -0.106. The molecular weight excluding hydrogens is 421 g/mol. The summed E-state index contributed by atoms with van der Waals surface area (Å²) in [6.07, 6.45) is -15.4. The van der Waals surface area contributed by atoms with Crippen molar-refractivity contribution < 1.29 is 39.5 Å². The van der Waals surface area contributed by atoms with Gasteiger partial charge in [0.1, 0.15) is 0 Å². The third-order valence-corrected chi connectivity index (χ3v) is 3.66. The van der Waals surface area contributed by atoms with Crippen LogP contribution in [0.25, 0.3) is 0 Å². The lowest BCUT2D eigenvalue weighted by Gasteiger charge is -2.21. The summed E-state index contributed by atoms with van der Waals surface area (Å²) >= 11 is 0. The molecule has 2 rings (SSSR count). The number of nitrogens with zero attached hydrogens (tertiary/aromatic N) is 2. The highest BCUT2D eigenvalue weighted by molar-refractivity contribution is 5.61. The molecule has 4 nitrogen and oxygen atoms in total. The maximum absolute atomic E-state index is 13.2. The van der Waals surface area contributed by atoms with Crippen LogP contribution in [-0.2, 0) is 18.5 Å². The molecule has 13 heteroatoms. The van der Waals surface area contributed by atoms with Crippen LogP contribution >= 0.6 is 0 Å². The van der Waals surface area contributed by atoms with E-state index in [2.05, 4.69) is 4.98 Å². The molecule has 1 heterocycles. The van der Waals surface area contributed by atoms with Crippen LogP contribution in [-0.4, -0.2) is 9.55 Å². The Bertz CT molecular complexity index is 956. The molecule has 2 aromatic rings. The van der Waals surface area contributed by atoms with Crippen LogP contribution < -0.4 is 10.9 Å². The molecule has 0 aliphatic carbocycles. The Morgan fingerprint density at radius 3 is 1.93 bits per heavy atom. The second-order valence-corrected chi connectivity index (χ2v) is 6.15. The number of nitrogens with one attached hydrogen (secondary N) is 1. The summed E-state index contributed by atoms with van der Waals surface area (Å²) in [4.78, 5) is 15.2. The van der Waals surface area contributed by atoms with E-state index >= 15 is 0 Å². The molecule has 160 valence electrons. The van der Waals surface area contributed by atoms with Gasteiger partial charge in [-0.2, -0.15) is 39.5 Å². The summed E-state index contributed by atoms with van der Waals surface area (Å²) in [5.41, 5.74) is -7.25. The van der Waals surface area contributed by atoms with E-state index in [1.165, 1.54) is 13.8 Å². The van der Waals surface area contributed by atoms with Crippen LogP contribution in [0.4, 0.5) is 51.1 Å². The van der Waals surface area contributed by atoms with Crippen LogP contribution in [0.15, 0.2) is 29.1 Å². The van der Waals surface area contributed by atoms with Gasteiger partial charge in [0.2, 0.25) is 5.95 Å². The molecule has 0 amide bonds. The number of aromatic nitrogens is 2. The third-order valence-electron chi connectivity index (χ3n) is 3.66. The second-order valence-electron chi connectivity index (χ2n) is 6.15. The number of anilines is 2. The van der Waals surface area contributed by atoms with Crippen molar-refractivity contribution in [1.82, 2.24) is 9.55 Å². The normalized spacial score (nSPS) is 13.1. The first kappa shape index (κ1) is 22.6. The SMILES string of the molecule is CC(C)n1c(Nc2ccc(C(F)(F)F)cc2C(F)(F)F)nc(C(F)(F)F)cc1=O. The highest BCUT2D eigenvalue weighted by Crippen LogP contribution is 2.40. The Morgan fingerprint density at radius 1 is 0.897 bits per heavy atom. The summed E-state index contributed by atoms with van der Waals surface area (Å²) in [7, 11) is 0. The first-order chi connectivity index (χ1) is 13.0. The van der Waals surface area contributed by atoms with Gasteiger partial charge in [0.25, 0.3) is 5.56 Å². The van der Waals surface area contributed by atoms with Crippen molar-refractivity contribution in [1.29, 1.82) is 0 Å². The van der Waals surface area contributed by atoms with Gasteiger partial charge in [-0.1, -0.05) is 0 Å². The van der Waals surface area contributed by atoms with Crippen molar-refractivity contribution in [3.05, 3.63) is 51.4 Å². The van der Waals surface area contributed by atoms with Gasteiger partial charge in [0, 0.05) is 12.1 Å². The molecule has 0 radical (unpaired) electrons. The standard InChI is InChI=1S/C16H12F9N3O/c1-7(2)28-12(29)6-11(16(23,24)25)27-13(28)26-10-4-3-8(14(17,18)19)5-9(10)15(20,21)22/h3-7H,1-2H3,(H,26,27). The lowest BCUT2D eigenvalue weighted by atomic mass is 10.1. The summed E-state index contributed by atoms with van der Waals surface area (Å²) in [5, 5.41) is 1.93. The topological polar surface area (TPSA) is 46.9 Å². The van der Waals surface area contributed by atoms with Crippen LogP contribution in [0.1, 0.15) is 36.7 Å². The maximum atomic E-state index is 13.2. The molecule has 0 atom stereocenters. The van der Waals surface area contributed by atoms with Gasteiger partial charge in [0.15, 0.2) is 5.69 Å². The van der Waals surface area contributed by atoms with E-state index in [0.717, 1.165) is 0 Å². The van der Waals surface area contributed by atoms with Gasteiger partial charge < -0.3 is 5.32 Å². The van der Waals surface area contributed by atoms with E-state index in [9.17, 15) is 44.3 Å². The predicted octanol–water partition coefficient (Wildman–Crippen LogP) is 5.62. The van der Waals surface area contributed by atoms with Crippen LogP contribution in [0.3, 0.4) is 0 Å². The average Bonchev–Trinajstić information content (AvgIpc) is 2.51. The predicted molar refractivity (Wildman–Crippen MR) is 83.6 cm³/mol. The molecule has 29 heavy (non-hydrogen) atoms. The van der Waals surface area contributed by atoms with Gasteiger partial charge in [-0.25, -0.2) is 4.98 Å². The molecule has 0 aliphatic rings. The summed E-state index contributed by atoms with van der Waals surface area (Å²) < 4.78 is 117. The average molecular weight is 433 g/mol. The van der Waals surface area contributed by atoms with E-state index in [4.69, 9.17) is 0 Å². The largest absolute Gasteiger partial charge is 0.433 e. The fourth-order valence-corrected chi connectivity index (χ4v) is 2.41. The van der Waals surface area contributed by atoms with Crippen molar-refractivity contribution in [2.45, 2.75) is 38.4 Å². The number of hydrogen-bond acceptors (Lipinski definition) is 3. The van der Waals surface area contributed by atoms with Gasteiger partial charge in [0.05, 0.1) is 16.8 Å². The third kappa shape index (κ3) is 5.01. The quantitative estimate of drug-likeness (QED) is 0.639. The smallest absolute Gasteiger partial charge is 0.325 e. The monoisotopic (exact) mass is 433 g/mol. The van der Waals surface area contributed by atoms with Crippen LogP contribution in [0, 0.1) is 0 Å². The van der Waals surface area contributed by atoms with Crippen molar-refractivity contribution in [3.63, 3.8) is 0 Å². The van der Waals surface area contributed by atoms with Crippen molar-refractivity contribution >= 4 is 11.6 Å². The second kappa shape index (κ2) is 7.26. The van der Waals surface area contributed by atoms with E-state index in [0.29, 0.717) is 16.7 Å². The van der Waals surface area contributed by atoms with Crippen molar-refractivity contribution in [2.75, 3.05) is 5.32 Å². The van der Waals surface area contributed by atoms with Crippen molar-refractivity contribution in [2.24, 2.45) is 0 Å². The highest BCUT2D eigenvalue weighted by atomic mass is 19.4. The summed E-state index contributed by atoms with van der Waals surface area (Å²) in [6.45, 7) is 2.72. The molecule has 1 N–H and O–H groups in total. The van der Waals surface area contributed by atoms with E-state index < -0.39 is 58.6 Å². The first-order valence-corrected chi connectivity index (χ1v) is 7.78. The molecule has 0 fully saturated rings. The number of alkyl halides is 9. The number of benzene rings is 1. The Hall–Kier alpha value is -2.73. The minimum absolute atomic E-state index is 0.169. The highest BCUT2D eigenvalue weighted by Gasteiger charge is 2.39. The Morgan fingerprint density at radius 2 is 1.48 bits per heavy atom. The van der Waals surface area contributed by atoms with E-state index in [1.807, 2.05) is 5.32 Å². The molecular formula is C16H12F9N3O. The molecule has 0 aliphatic heterocycles. The Kier molecular flexibility index (Phi) is 5.65. The molecule has 1 aromatic carbocycles. The Labute approximate surface area is 157 Å². The van der Waals surface area contributed by atoms with E-state index in [1.54, 1.807) is 0 Å². The molecule has 1 aromatic heterocycles. The molecule has 0 saturated heterocycles. The number of hydrogen-bond donors (Lipinski definition) is 1. The fraction of sp³-hybridized carbons (Fsp3) is 0.375. The molecule has 0 unspecified atom stereocenters. The van der Waals surface area contributed by atoms with Crippen molar-refractivity contribution in [3.8, 4) is 0 Å². The van der Waals surface area contributed by atoms with Crippen LogP contribution in [0.2, 0.25) is 0 Å². The zero-order chi connectivity index (χ0) is 22.4. The molecule has 0 bridgehead atoms. The zero-order valence-electron chi connectivity index (χ0n) is 14.6. The van der Waals surface area contributed by atoms with E-state index in [-0.39, 0.29) is 12.1 Å². The molecule has 0 spiro atoms.